The van der Waals surface area contributed by atoms with E-state index in [0.717, 1.165) is 6.07 Å². The molecule has 0 aromatic heterocycles. The number of Topliss-reactive ketones (excluding diaryl/α,β-unsaturated/α-hetero) is 1. The van der Waals surface area contributed by atoms with Crippen LogP contribution in [0.1, 0.15) is 42.1 Å². The summed E-state index contributed by atoms with van der Waals surface area (Å²) >= 11 is 6.03. The summed E-state index contributed by atoms with van der Waals surface area (Å²) in [6, 6.07) is 0.905. The van der Waals surface area contributed by atoms with Crippen LogP contribution in [0.3, 0.4) is 0 Å². The predicted octanol–water partition coefficient (Wildman–Crippen LogP) is 1.87. The van der Waals surface area contributed by atoms with Crippen molar-refractivity contribution in [2.75, 3.05) is 0 Å². The van der Waals surface area contributed by atoms with Crippen LogP contribution in [0.2, 0.25) is 5.02 Å². The number of phenolic OH excluding ortho intramolecular Hbond substituents is 2. The van der Waals surface area contributed by atoms with E-state index in [9.17, 15) is 30.0 Å². The van der Waals surface area contributed by atoms with Gasteiger partial charge in [-0.05, 0) is 13.3 Å². The number of ketones is 1. The Labute approximate surface area is 155 Å². The Hall–Kier alpha value is -2.09. The van der Waals surface area contributed by atoms with Crippen molar-refractivity contribution >= 4 is 23.4 Å². The van der Waals surface area contributed by atoms with E-state index in [1.807, 2.05) is 0 Å². The Balaban J connectivity index is 2.45. The number of fused-ring (bicyclic) bond motifs is 1. The van der Waals surface area contributed by atoms with Crippen LogP contribution >= 0.6 is 11.6 Å². The van der Waals surface area contributed by atoms with Crippen LogP contribution in [0.25, 0.3) is 0 Å². The zero-order valence-corrected chi connectivity index (χ0v) is 14.9. The first-order chi connectivity index (χ1) is 12.2. The van der Waals surface area contributed by atoms with E-state index in [-0.39, 0.29) is 47.6 Å². The Kier molecular flexibility index (Phi) is 6.63. The van der Waals surface area contributed by atoms with Gasteiger partial charge in [0.15, 0.2) is 0 Å². The number of cyclic esters (lactones) is 1. The number of halogens is 1. The number of aliphatic hydroxyl groups excluding tert-OH is 2. The summed E-state index contributed by atoms with van der Waals surface area (Å²) in [6.45, 7) is 1.56. The quantitative estimate of drug-likeness (QED) is 0.397. The molecule has 0 saturated carbocycles. The van der Waals surface area contributed by atoms with E-state index in [1.54, 1.807) is 6.92 Å². The molecule has 2 rings (SSSR count). The average Bonchev–Trinajstić information content (AvgIpc) is 2.54. The van der Waals surface area contributed by atoms with Crippen LogP contribution in [0.15, 0.2) is 18.2 Å². The van der Waals surface area contributed by atoms with Gasteiger partial charge in [-0.15, -0.1) is 0 Å². The van der Waals surface area contributed by atoms with Gasteiger partial charge < -0.3 is 25.2 Å². The summed E-state index contributed by atoms with van der Waals surface area (Å²) < 4.78 is 5.22. The molecule has 3 atom stereocenters. The SMILES string of the molecule is C[C@H]1C[C@@H](O)C=C[C@H](O)CCC(=O)Cc2c(Cl)c(O)cc(O)c2C(=O)O1. The first-order valence-corrected chi connectivity index (χ1v) is 8.57. The van der Waals surface area contributed by atoms with Gasteiger partial charge in [-0.1, -0.05) is 23.8 Å². The molecule has 142 valence electrons. The maximum Gasteiger partial charge on any atom is 0.342 e. The Morgan fingerprint density at radius 2 is 1.77 bits per heavy atom. The lowest BCUT2D eigenvalue weighted by Gasteiger charge is -2.19. The smallest absolute Gasteiger partial charge is 0.342 e. The lowest BCUT2D eigenvalue weighted by atomic mass is 9.97. The number of hydrogen-bond acceptors (Lipinski definition) is 7. The summed E-state index contributed by atoms with van der Waals surface area (Å²) in [5, 5.41) is 39.4. The molecule has 0 aliphatic carbocycles. The molecule has 0 spiro atoms. The van der Waals surface area contributed by atoms with Crippen LogP contribution in [0, 0.1) is 0 Å². The standard InChI is InChI=1S/C18H21ClO7/c1-9-6-11(21)4-2-10(20)3-5-12(22)7-13-16(18(25)26-9)14(23)8-15(24)17(13)19/h2,4,8-11,20-21,23-24H,3,5-7H2,1H3/t9-,10-,11-/m0/s1. The van der Waals surface area contributed by atoms with Gasteiger partial charge in [0, 0.05) is 30.9 Å². The summed E-state index contributed by atoms with van der Waals surface area (Å²) in [5.74, 6) is -2.27. The highest BCUT2D eigenvalue weighted by molar-refractivity contribution is 6.33. The second-order valence-electron chi connectivity index (χ2n) is 6.31. The number of esters is 1. The average molecular weight is 385 g/mol. The number of aromatic hydroxyl groups is 2. The molecule has 0 unspecified atom stereocenters. The van der Waals surface area contributed by atoms with Gasteiger partial charge in [0.2, 0.25) is 0 Å². The fourth-order valence-electron chi connectivity index (χ4n) is 2.73. The highest BCUT2D eigenvalue weighted by Gasteiger charge is 2.27. The fourth-order valence-corrected chi connectivity index (χ4v) is 2.95. The van der Waals surface area contributed by atoms with Crippen LogP contribution in [0.5, 0.6) is 11.5 Å². The third-order valence-corrected chi connectivity index (χ3v) is 4.48. The van der Waals surface area contributed by atoms with E-state index < -0.39 is 35.8 Å². The van der Waals surface area contributed by atoms with Gasteiger partial charge in [-0.25, -0.2) is 4.79 Å². The largest absolute Gasteiger partial charge is 0.507 e. The molecule has 1 heterocycles. The molecular weight excluding hydrogens is 364 g/mol. The monoisotopic (exact) mass is 384 g/mol. The van der Waals surface area contributed by atoms with Gasteiger partial charge in [0.25, 0.3) is 0 Å². The molecule has 8 heteroatoms. The van der Waals surface area contributed by atoms with Crippen LogP contribution in [-0.2, 0) is 16.0 Å². The van der Waals surface area contributed by atoms with Crippen molar-refractivity contribution < 1.29 is 34.8 Å². The zero-order valence-electron chi connectivity index (χ0n) is 14.2. The highest BCUT2D eigenvalue weighted by atomic mass is 35.5. The summed E-state index contributed by atoms with van der Waals surface area (Å²) in [6.07, 6.45) is 0.0675. The number of aliphatic hydroxyl groups is 2. The molecule has 1 aliphatic heterocycles. The lowest BCUT2D eigenvalue weighted by molar-refractivity contribution is -0.118. The molecular formula is C18H21ClO7. The maximum atomic E-state index is 12.5. The topological polar surface area (TPSA) is 124 Å². The van der Waals surface area contributed by atoms with Gasteiger partial charge in [-0.3, -0.25) is 4.79 Å². The van der Waals surface area contributed by atoms with E-state index >= 15 is 0 Å². The third-order valence-electron chi connectivity index (χ3n) is 4.06. The molecule has 1 aromatic rings. The molecule has 0 saturated heterocycles. The molecule has 1 aromatic carbocycles. The molecule has 26 heavy (non-hydrogen) atoms. The van der Waals surface area contributed by atoms with Crippen molar-refractivity contribution in [2.24, 2.45) is 0 Å². The summed E-state index contributed by atoms with van der Waals surface area (Å²) in [7, 11) is 0. The zero-order chi connectivity index (χ0) is 19.4. The molecule has 0 radical (unpaired) electrons. The minimum absolute atomic E-state index is 0.0146. The Bertz CT molecular complexity index is 729. The summed E-state index contributed by atoms with van der Waals surface area (Å²) in [4.78, 5) is 24.7. The van der Waals surface area contributed by atoms with Crippen LogP contribution < -0.4 is 0 Å². The second kappa shape index (κ2) is 8.53. The summed E-state index contributed by atoms with van der Waals surface area (Å²) in [5.41, 5.74) is -0.329. The number of hydrogen-bond donors (Lipinski definition) is 4. The molecule has 7 nitrogen and oxygen atoms in total. The van der Waals surface area contributed by atoms with E-state index in [4.69, 9.17) is 16.3 Å². The number of phenols is 2. The number of carbonyl (C=O) groups excluding carboxylic acids is 2. The maximum absolute atomic E-state index is 12.5. The van der Waals surface area contributed by atoms with E-state index in [2.05, 4.69) is 0 Å². The Morgan fingerprint density at radius 3 is 2.46 bits per heavy atom. The van der Waals surface area contributed by atoms with Gasteiger partial charge in [0.1, 0.15) is 28.9 Å². The van der Waals surface area contributed by atoms with Crippen molar-refractivity contribution in [3.05, 3.63) is 34.4 Å². The minimum Gasteiger partial charge on any atom is -0.507 e. The van der Waals surface area contributed by atoms with E-state index in [1.165, 1.54) is 12.2 Å². The highest BCUT2D eigenvalue weighted by Crippen LogP contribution is 2.37. The van der Waals surface area contributed by atoms with E-state index in [0.29, 0.717) is 0 Å². The normalized spacial score (nSPS) is 25.3. The van der Waals surface area contributed by atoms with Crippen LogP contribution in [0.4, 0.5) is 0 Å². The van der Waals surface area contributed by atoms with Crippen molar-refractivity contribution in [1.29, 1.82) is 0 Å². The lowest BCUT2D eigenvalue weighted by Crippen LogP contribution is -2.22. The van der Waals surface area contributed by atoms with Gasteiger partial charge >= 0.3 is 5.97 Å². The number of rotatable bonds is 0. The minimum atomic E-state index is -0.956. The number of carbonyl (C=O) groups is 2. The number of benzene rings is 1. The molecule has 1 aliphatic rings. The molecule has 0 amide bonds. The van der Waals surface area contributed by atoms with Gasteiger partial charge in [-0.2, -0.15) is 0 Å². The van der Waals surface area contributed by atoms with Crippen LogP contribution in [-0.4, -0.2) is 50.5 Å². The fraction of sp³-hybridized carbons (Fsp3) is 0.444. The first-order valence-electron chi connectivity index (χ1n) is 8.19. The van der Waals surface area contributed by atoms with Crippen molar-refractivity contribution in [2.45, 2.75) is 50.9 Å². The molecule has 0 fully saturated rings. The van der Waals surface area contributed by atoms with Crippen molar-refractivity contribution in [3.8, 4) is 11.5 Å². The van der Waals surface area contributed by atoms with Crippen molar-refractivity contribution in [3.63, 3.8) is 0 Å². The Morgan fingerprint density at radius 1 is 1.12 bits per heavy atom. The van der Waals surface area contributed by atoms with Gasteiger partial charge in [0.05, 0.1) is 17.2 Å². The van der Waals surface area contributed by atoms with Crippen molar-refractivity contribution in [1.82, 2.24) is 0 Å². The molecule has 0 bridgehead atoms. The number of ether oxygens (including phenoxy) is 1. The first kappa shape index (κ1) is 20.2. The molecule has 4 N–H and O–H groups in total. The second-order valence-corrected chi connectivity index (χ2v) is 6.69. The predicted molar refractivity (Wildman–Crippen MR) is 93.4 cm³/mol. The third kappa shape index (κ3) is 4.97.